The summed E-state index contributed by atoms with van der Waals surface area (Å²) in [5, 5.41) is 0.418. The lowest BCUT2D eigenvalue weighted by molar-refractivity contribution is -0.0513. The van der Waals surface area contributed by atoms with Crippen molar-refractivity contribution in [1.29, 1.82) is 0 Å². The Morgan fingerprint density at radius 1 is 1.12 bits per heavy atom. The van der Waals surface area contributed by atoms with Crippen LogP contribution in [-0.2, 0) is 4.74 Å². The third-order valence-electron chi connectivity index (χ3n) is 5.35. The highest BCUT2D eigenvalue weighted by molar-refractivity contribution is 6.20. The quantitative estimate of drug-likeness (QED) is 0.653. The molecule has 2 saturated carbocycles. The molecule has 0 radical (unpaired) electrons. The lowest BCUT2D eigenvalue weighted by Crippen LogP contribution is -2.27. The van der Waals surface area contributed by atoms with Crippen LogP contribution in [0, 0.1) is 5.41 Å². The van der Waals surface area contributed by atoms with Gasteiger partial charge in [0.2, 0.25) is 0 Å². The minimum absolute atomic E-state index is 0.306. The van der Waals surface area contributed by atoms with Gasteiger partial charge in [-0.25, -0.2) is 0 Å². The second kappa shape index (κ2) is 4.42. The number of ether oxygens (including phenoxy) is 1. The highest BCUT2D eigenvalue weighted by Gasteiger charge is 2.45. The van der Waals surface area contributed by atoms with E-state index in [4.69, 9.17) is 16.3 Å². The Bertz CT molecular complexity index is 285. The number of halogens is 1. The Morgan fingerprint density at radius 3 is 2.53 bits per heavy atom. The van der Waals surface area contributed by atoms with Crippen molar-refractivity contribution in [3.63, 3.8) is 0 Å². The standard InChI is InChI=1S/C15H25ClO/c1-14(8-4-12(16)10-14)11-13-5-9-15(17-13)6-2-3-7-15/h12-13H,2-11H2,1H3. The fourth-order valence-electron chi connectivity index (χ4n) is 4.41. The average molecular weight is 257 g/mol. The van der Waals surface area contributed by atoms with Crippen molar-refractivity contribution >= 4 is 11.6 Å². The highest BCUT2D eigenvalue weighted by atomic mass is 35.5. The Labute approximate surface area is 110 Å². The molecule has 1 saturated heterocycles. The summed E-state index contributed by atoms with van der Waals surface area (Å²) in [5.41, 5.74) is 0.765. The van der Waals surface area contributed by atoms with Gasteiger partial charge in [-0.2, -0.15) is 0 Å². The molecule has 17 heavy (non-hydrogen) atoms. The van der Waals surface area contributed by atoms with E-state index in [0.29, 0.717) is 22.5 Å². The Morgan fingerprint density at radius 2 is 1.88 bits per heavy atom. The van der Waals surface area contributed by atoms with Crippen molar-refractivity contribution < 1.29 is 4.74 Å². The van der Waals surface area contributed by atoms with Gasteiger partial charge in [-0.05, 0) is 56.8 Å². The summed E-state index contributed by atoms with van der Waals surface area (Å²) in [7, 11) is 0. The third kappa shape index (κ3) is 2.51. The van der Waals surface area contributed by atoms with E-state index >= 15 is 0 Å². The Balaban J connectivity index is 1.57. The van der Waals surface area contributed by atoms with Crippen LogP contribution in [0.3, 0.4) is 0 Å². The second-order valence-corrected chi connectivity index (χ2v) is 7.64. The molecule has 3 fully saturated rings. The fraction of sp³-hybridized carbons (Fsp3) is 1.00. The molecule has 1 heterocycles. The Hall–Kier alpha value is 0.250. The Kier molecular flexibility index (Phi) is 3.19. The summed E-state index contributed by atoms with van der Waals surface area (Å²) >= 11 is 6.26. The van der Waals surface area contributed by atoms with E-state index in [2.05, 4.69) is 6.92 Å². The molecule has 0 amide bonds. The molecule has 98 valence electrons. The smallest absolute Gasteiger partial charge is 0.0687 e. The molecule has 2 heteroatoms. The molecular weight excluding hydrogens is 232 g/mol. The number of hydrogen-bond acceptors (Lipinski definition) is 1. The lowest BCUT2D eigenvalue weighted by atomic mass is 9.82. The van der Waals surface area contributed by atoms with Gasteiger partial charge in [0.15, 0.2) is 0 Å². The van der Waals surface area contributed by atoms with Gasteiger partial charge in [-0.15, -0.1) is 11.6 Å². The normalized spacial score (nSPS) is 44.8. The molecule has 0 bridgehead atoms. The monoisotopic (exact) mass is 256 g/mol. The van der Waals surface area contributed by atoms with Crippen molar-refractivity contribution in [2.24, 2.45) is 5.41 Å². The van der Waals surface area contributed by atoms with Crippen LogP contribution in [0.5, 0.6) is 0 Å². The predicted octanol–water partition coefficient (Wildman–Crippen LogP) is 4.67. The van der Waals surface area contributed by atoms with Gasteiger partial charge in [0.1, 0.15) is 0 Å². The van der Waals surface area contributed by atoms with E-state index in [1.807, 2.05) is 0 Å². The maximum atomic E-state index is 6.43. The second-order valence-electron chi connectivity index (χ2n) is 7.02. The van der Waals surface area contributed by atoms with Gasteiger partial charge >= 0.3 is 0 Å². The highest BCUT2D eigenvalue weighted by Crippen LogP contribution is 2.49. The lowest BCUT2D eigenvalue weighted by Gasteiger charge is -2.29. The fourth-order valence-corrected chi connectivity index (χ4v) is 4.89. The maximum absolute atomic E-state index is 6.43. The summed E-state index contributed by atoms with van der Waals surface area (Å²) in [5.74, 6) is 0. The molecule has 1 spiro atoms. The molecule has 0 aromatic carbocycles. The number of rotatable bonds is 2. The zero-order valence-corrected chi connectivity index (χ0v) is 11.8. The minimum Gasteiger partial charge on any atom is -0.372 e. The van der Waals surface area contributed by atoms with E-state index in [-0.39, 0.29) is 0 Å². The van der Waals surface area contributed by atoms with Crippen LogP contribution in [0.25, 0.3) is 0 Å². The van der Waals surface area contributed by atoms with Crippen LogP contribution in [0.1, 0.15) is 71.1 Å². The molecule has 0 aromatic heterocycles. The van der Waals surface area contributed by atoms with Crippen LogP contribution >= 0.6 is 11.6 Å². The summed E-state index contributed by atoms with van der Waals surface area (Å²) in [6, 6.07) is 0. The van der Waals surface area contributed by atoms with Gasteiger partial charge < -0.3 is 4.74 Å². The molecule has 3 unspecified atom stereocenters. The first kappa shape index (κ1) is 12.3. The molecule has 3 atom stereocenters. The zero-order valence-electron chi connectivity index (χ0n) is 11.0. The molecular formula is C15H25ClO. The summed E-state index contributed by atoms with van der Waals surface area (Å²) < 4.78 is 6.43. The van der Waals surface area contributed by atoms with Gasteiger partial charge in [-0.3, -0.25) is 0 Å². The van der Waals surface area contributed by atoms with E-state index < -0.39 is 0 Å². The molecule has 3 aliphatic rings. The van der Waals surface area contributed by atoms with E-state index in [1.165, 1.54) is 64.2 Å². The van der Waals surface area contributed by atoms with Crippen LogP contribution in [-0.4, -0.2) is 17.1 Å². The van der Waals surface area contributed by atoms with Gasteiger partial charge in [0.25, 0.3) is 0 Å². The SMILES string of the molecule is CC1(CC2CCC3(CCCC3)O2)CCC(Cl)C1. The summed E-state index contributed by atoms with van der Waals surface area (Å²) in [4.78, 5) is 0. The van der Waals surface area contributed by atoms with Gasteiger partial charge in [0, 0.05) is 5.38 Å². The van der Waals surface area contributed by atoms with Gasteiger partial charge in [-0.1, -0.05) is 19.8 Å². The average Bonchev–Trinajstić information content (AvgIpc) is 2.94. The molecule has 2 aliphatic carbocycles. The molecule has 0 N–H and O–H groups in total. The first-order chi connectivity index (χ1) is 8.09. The number of alkyl halides is 1. The third-order valence-corrected chi connectivity index (χ3v) is 5.72. The summed E-state index contributed by atoms with van der Waals surface area (Å²) in [6.45, 7) is 2.42. The zero-order chi connectivity index (χ0) is 11.9. The maximum Gasteiger partial charge on any atom is 0.0687 e. The van der Waals surface area contributed by atoms with E-state index in [9.17, 15) is 0 Å². The van der Waals surface area contributed by atoms with Crippen molar-refractivity contribution in [3.8, 4) is 0 Å². The minimum atomic E-state index is 0.306. The molecule has 0 aromatic rings. The van der Waals surface area contributed by atoms with Crippen LogP contribution in [0.2, 0.25) is 0 Å². The topological polar surface area (TPSA) is 9.23 Å². The van der Waals surface area contributed by atoms with Crippen LogP contribution in [0.15, 0.2) is 0 Å². The first-order valence-corrected chi connectivity index (χ1v) is 7.85. The molecule has 3 rings (SSSR count). The number of hydrogen-bond donors (Lipinski definition) is 0. The molecule has 1 nitrogen and oxygen atoms in total. The molecule has 1 aliphatic heterocycles. The summed E-state index contributed by atoms with van der Waals surface area (Å²) in [6.07, 6.45) is 13.5. The first-order valence-electron chi connectivity index (χ1n) is 7.41. The van der Waals surface area contributed by atoms with Crippen molar-refractivity contribution in [2.75, 3.05) is 0 Å². The van der Waals surface area contributed by atoms with E-state index in [0.717, 1.165) is 0 Å². The van der Waals surface area contributed by atoms with E-state index in [1.54, 1.807) is 0 Å². The van der Waals surface area contributed by atoms with Crippen molar-refractivity contribution in [1.82, 2.24) is 0 Å². The van der Waals surface area contributed by atoms with Crippen LogP contribution < -0.4 is 0 Å². The van der Waals surface area contributed by atoms with Crippen molar-refractivity contribution in [2.45, 2.75) is 88.2 Å². The van der Waals surface area contributed by atoms with Gasteiger partial charge in [0.05, 0.1) is 11.7 Å². The van der Waals surface area contributed by atoms with Crippen LogP contribution in [0.4, 0.5) is 0 Å². The predicted molar refractivity (Wildman–Crippen MR) is 71.5 cm³/mol. The van der Waals surface area contributed by atoms with Crippen molar-refractivity contribution in [3.05, 3.63) is 0 Å². The largest absolute Gasteiger partial charge is 0.372 e.